The first-order valence-electron chi connectivity index (χ1n) is 11.5. The number of para-hydroxylation sites is 1. The lowest BCUT2D eigenvalue weighted by Crippen LogP contribution is -2.31. The van der Waals surface area contributed by atoms with Gasteiger partial charge in [-0.3, -0.25) is 0 Å². The molecule has 1 aliphatic rings. The number of aromatic amines is 1. The maximum Gasteiger partial charge on any atom is 0.225 e. The second kappa shape index (κ2) is 7.99. The van der Waals surface area contributed by atoms with E-state index in [9.17, 15) is 0 Å². The molecule has 0 saturated heterocycles. The van der Waals surface area contributed by atoms with Crippen molar-refractivity contribution in [2.45, 2.75) is 33.7 Å². The smallest absolute Gasteiger partial charge is 0.225 e. The third kappa shape index (κ3) is 3.29. The number of anilines is 1. The van der Waals surface area contributed by atoms with E-state index in [-0.39, 0.29) is 0 Å². The molecule has 0 atom stereocenters. The average Bonchev–Trinajstić information content (AvgIpc) is 3.46. The molecule has 4 heterocycles. The highest BCUT2D eigenvalue weighted by molar-refractivity contribution is 6.35. The van der Waals surface area contributed by atoms with Crippen LogP contribution in [0.3, 0.4) is 0 Å². The predicted molar refractivity (Wildman–Crippen MR) is 137 cm³/mol. The molecule has 3 aromatic heterocycles. The van der Waals surface area contributed by atoms with Crippen LogP contribution in [0, 0.1) is 20.8 Å². The van der Waals surface area contributed by atoms with E-state index in [1.807, 2.05) is 31.6 Å². The highest BCUT2D eigenvalue weighted by Crippen LogP contribution is 2.39. The average molecular weight is 469 g/mol. The number of nitrogens with zero attached hydrogens (tertiary/aromatic N) is 5. The number of fused-ring (bicyclic) bond motifs is 2. The second-order valence-electron chi connectivity index (χ2n) is 9.02. The molecule has 0 unspecified atom stereocenters. The summed E-state index contributed by atoms with van der Waals surface area (Å²) in [6, 6.07) is 12.6. The molecular formula is C27H25ClN6. The van der Waals surface area contributed by atoms with E-state index in [1.165, 1.54) is 16.7 Å². The van der Waals surface area contributed by atoms with E-state index < -0.39 is 0 Å². The van der Waals surface area contributed by atoms with Gasteiger partial charge in [0.1, 0.15) is 0 Å². The quantitative estimate of drug-likeness (QED) is 0.355. The molecule has 34 heavy (non-hydrogen) atoms. The fourth-order valence-electron chi connectivity index (χ4n) is 5.00. The Balaban J connectivity index is 1.60. The van der Waals surface area contributed by atoms with Crippen LogP contribution >= 0.6 is 11.6 Å². The molecule has 0 fully saturated rings. The van der Waals surface area contributed by atoms with E-state index in [4.69, 9.17) is 16.7 Å². The summed E-state index contributed by atoms with van der Waals surface area (Å²) in [5.74, 6) is 0.755. The number of H-pyrrole nitrogens is 1. The molecule has 0 aliphatic carbocycles. The summed E-state index contributed by atoms with van der Waals surface area (Å²) in [6.07, 6.45) is 6.53. The Hall–Kier alpha value is -3.64. The Morgan fingerprint density at radius 2 is 1.74 bits per heavy atom. The van der Waals surface area contributed by atoms with Crippen molar-refractivity contribution in [3.05, 3.63) is 88.0 Å². The minimum atomic E-state index is 0.702. The Bertz CT molecular complexity index is 1510. The van der Waals surface area contributed by atoms with Crippen molar-refractivity contribution in [3.63, 3.8) is 0 Å². The van der Waals surface area contributed by atoms with Gasteiger partial charge < -0.3 is 9.88 Å². The second-order valence-corrected chi connectivity index (χ2v) is 9.43. The third-order valence-corrected chi connectivity index (χ3v) is 6.98. The van der Waals surface area contributed by atoms with Gasteiger partial charge in [-0.25, -0.2) is 14.6 Å². The maximum absolute atomic E-state index is 6.52. The summed E-state index contributed by atoms with van der Waals surface area (Å²) < 4.78 is 2.14. The number of aromatic nitrogens is 5. The first-order valence-corrected chi connectivity index (χ1v) is 11.9. The summed E-state index contributed by atoms with van der Waals surface area (Å²) in [7, 11) is 0. The largest absolute Gasteiger partial charge is 0.360 e. The van der Waals surface area contributed by atoms with E-state index in [0.29, 0.717) is 11.6 Å². The maximum atomic E-state index is 6.52. The van der Waals surface area contributed by atoms with Gasteiger partial charge in [0.05, 0.1) is 27.6 Å². The Morgan fingerprint density at radius 1 is 0.971 bits per heavy atom. The van der Waals surface area contributed by atoms with Crippen LogP contribution in [0.2, 0.25) is 5.02 Å². The standard InChI is InChI=1S/C27H25ClN6/c1-16-13-30-27(31-14-16)33-12-10-23-21(15-33)26(20-7-8-22(28)24-19(20)9-11-29-24)34(32-23)25-17(2)5-4-6-18(25)3/h4-9,11,13-14,29H,10,12,15H2,1-3H3. The van der Waals surface area contributed by atoms with E-state index >= 15 is 0 Å². The Morgan fingerprint density at radius 3 is 2.50 bits per heavy atom. The molecule has 0 bridgehead atoms. The molecule has 7 heteroatoms. The summed E-state index contributed by atoms with van der Waals surface area (Å²) in [6.45, 7) is 7.83. The van der Waals surface area contributed by atoms with Crippen LogP contribution in [0.4, 0.5) is 5.95 Å². The zero-order valence-electron chi connectivity index (χ0n) is 19.4. The van der Waals surface area contributed by atoms with Crippen LogP contribution in [0.1, 0.15) is 27.9 Å². The van der Waals surface area contributed by atoms with Crippen molar-refractivity contribution in [1.29, 1.82) is 0 Å². The van der Waals surface area contributed by atoms with Crippen LogP contribution in [-0.2, 0) is 13.0 Å². The highest BCUT2D eigenvalue weighted by Gasteiger charge is 2.29. The molecule has 0 spiro atoms. The van der Waals surface area contributed by atoms with Gasteiger partial charge >= 0.3 is 0 Å². The van der Waals surface area contributed by atoms with Gasteiger partial charge in [-0.2, -0.15) is 5.10 Å². The zero-order chi connectivity index (χ0) is 23.4. The van der Waals surface area contributed by atoms with Crippen molar-refractivity contribution < 1.29 is 0 Å². The molecule has 6 nitrogen and oxygen atoms in total. The fraction of sp³-hybridized carbons (Fsp3) is 0.222. The van der Waals surface area contributed by atoms with Crippen molar-refractivity contribution >= 4 is 28.5 Å². The van der Waals surface area contributed by atoms with E-state index in [2.05, 4.69) is 68.7 Å². The normalized spacial score (nSPS) is 13.5. The minimum absolute atomic E-state index is 0.702. The molecule has 170 valence electrons. The summed E-state index contributed by atoms with van der Waals surface area (Å²) in [4.78, 5) is 14.7. The molecule has 2 aromatic carbocycles. The lowest BCUT2D eigenvalue weighted by Gasteiger charge is -2.27. The van der Waals surface area contributed by atoms with Gasteiger partial charge in [-0.05, 0) is 49.6 Å². The molecule has 0 saturated carbocycles. The molecule has 0 radical (unpaired) electrons. The number of aryl methyl sites for hydroxylation is 3. The molecule has 0 amide bonds. The van der Waals surface area contributed by atoms with Crippen LogP contribution in [0.5, 0.6) is 0 Å². The van der Waals surface area contributed by atoms with Crippen LogP contribution in [0.15, 0.2) is 55.0 Å². The molecule has 5 aromatic rings. The number of benzene rings is 2. The van der Waals surface area contributed by atoms with Gasteiger partial charge in [0.15, 0.2) is 0 Å². The van der Waals surface area contributed by atoms with E-state index in [0.717, 1.165) is 58.0 Å². The Kier molecular flexibility index (Phi) is 4.92. The lowest BCUT2D eigenvalue weighted by molar-refractivity contribution is 0.694. The monoisotopic (exact) mass is 468 g/mol. The number of halogens is 1. The van der Waals surface area contributed by atoms with Crippen molar-refractivity contribution in [1.82, 2.24) is 24.7 Å². The van der Waals surface area contributed by atoms with Gasteiger partial charge in [0.25, 0.3) is 0 Å². The zero-order valence-corrected chi connectivity index (χ0v) is 20.2. The van der Waals surface area contributed by atoms with Crippen LogP contribution in [0.25, 0.3) is 27.8 Å². The van der Waals surface area contributed by atoms with Crippen molar-refractivity contribution in [2.24, 2.45) is 0 Å². The van der Waals surface area contributed by atoms with E-state index in [1.54, 1.807) is 0 Å². The van der Waals surface area contributed by atoms with Gasteiger partial charge in [-0.1, -0.05) is 35.9 Å². The number of rotatable bonds is 3. The number of nitrogens with one attached hydrogen (secondary N) is 1. The fourth-order valence-corrected chi connectivity index (χ4v) is 5.22. The first-order chi connectivity index (χ1) is 16.5. The summed E-state index contributed by atoms with van der Waals surface area (Å²) in [5, 5.41) is 6.98. The number of hydrogen-bond donors (Lipinski definition) is 1. The lowest BCUT2D eigenvalue weighted by atomic mass is 9.98. The van der Waals surface area contributed by atoms with Crippen LogP contribution < -0.4 is 4.90 Å². The summed E-state index contributed by atoms with van der Waals surface area (Å²) >= 11 is 6.52. The SMILES string of the molecule is Cc1cnc(N2CCc3nn(-c4c(C)cccc4C)c(-c4ccc(Cl)c5[nH]ccc45)c3C2)nc1. The third-order valence-electron chi connectivity index (χ3n) is 6.66. The minimum Gasteiger partial charge on any atom is -0.360 e. The molecule has 1 aliphatic heterocycles. The van der Waals surface area contributed by atoms with Crippen LogP contribution in [-0.4, -0.2) is 31.3 Å². The van der Waals surface area contributed by atoms with Crippen molar-refractivity contribution in [2.75, 3.05) is 11.4 Å². The van der Waals surface area contributed by atoms with Gasteiger partial charge in [0, 0.05) is 54.6 Å². The topological polar surface area (TPSA) is 62.6 Å². The highest BCUT2D eigenvalue weighted by atomic mass is 35.5. The number of hydrogen-bond acceptors (Lipinski definition) is 4. The Labute approximate surface area is 203 Å². The molecule has 1 N–H and O–H groups in total. The molecular weight excluding hydrogens is 444 g/mol. The van der Waals surface area contributed by atoms with Gasteiger partial charge in [-0.15, -0.1) is 0 Å². The first kappa shape index (κ1) is 20.9. The van der Waals surface area contributed by atoms with Crippen molar-refractivity contribution in [3.8, 4) is 16.9 Å². The van der Waals surface area contributed by atoms with Gasteiger partial charge in [0.2, 0.25) is 5.95 Å². The molecule has 6 rings (SSSR count). The summed E-state index contributed by atoms with van der Waals surface area (Å²) in [5.41, 5.74) is 10.1. The predicted octanol–water partition coefficient (Wildman–Crippen LogP) is 5.95.